The number of sulfonamides is 1. The quantitative estimate of drug-likeness (QED) is 0.339. The molecular formula is C29H29N5O6S2. The molecule has 0 aliphatic carbocycles. The van der Waals surface area contributed by atoms with E-state index in [1.165, 1.54) is 18.2 Å². The summed E-state index contributed by atoms with van der Waals surface area (Å²) >= 11 is 0. The Bertz CT molecular complexity index is 1870. The zero-order chi connectivity index (χ0) is 29.1. The molecule has 1 spiro atoms. The maximum atomic E-state index is 14.2. The molecule has 2 aromatic heterocycles. The van der Waals surface area contributed by atoms with Crippen LogP contribution in [0.3, 0.4) is 0 Å². The van der Waals surface area contributed by atoms with Crippen LogP contribution >= 0.6 is 0 Å². The van der Waals surface area contributed by atoms with Crippen LogP contribution in [0.15, 0.2) is 95.1 Å². The topological polar surface area (TPSA) is 122 Å². The van der Waals surface area contributed by atoms with Crippen molar-refractivity contribution in [3.8, 4) is 0 Å². The van der Waals surface area contributed by atoms with Crippen LogP contribution in [0.5, 0.6) is 0 Å². The van der Waals surface area contributed by atoms with E-state index in [1.807, 2.05) is 12.1 Å². The first-order valence-corrected chi connectivity index (χ1v) is 16.6. The molecule has 1 atom stereocenters. The van der Waals surface area contributed by atoms with Gasteiger partial charge in [-0.15, -0.1) is 0 Å². The normalized spacial score (nSPS) is 21.2. The van der Waals surface area contributed by atoms with Gasteiger partial charge in [0.15, 0.2) is 5.03 Å². The van der Waals surface area contributed by atoms with E-state index in [4.69, 9.17) is 4.74 Å². The van der Waals surface area contributed by atoms with Crippen LogP contribution in [-0.2, 0) is 29.6 Å². The molecule has 3 aliphatic rings. The molecule has 3 aliphatic heterocycles. The van der Waals surface area contributed by atoms with Gasteiger partial charge >= 0.3 is 0 Å². The van der Waals surface area contributed by atoms with Crippen LogP contribution in [0.25, 0.3) is 10.9 Å². The largest absolute Gasteiger partial charge is 0.371 e. The molecular weight excluding hydrogens is 578 g/mol. The maximum Gasteiger partial charge on any atom is 0.269 e. The number of carbonyl (C=O) groups is 1. The number of fused-ring (bicyclic) bond motifs is 2. The Balaban J connectivity index is 1.18. The second-order valence-electron chi connectivity index (χ2n) is 10.9. The van der Waals surface area contributed by atoms with E-state index in [1.54, 1.807) is 59.8 Å². The minimum atomic E-state index is -4.43. The number of aromatic nitrogens is 2. The highest BCUT2D eigenvalue weighted by Crippen LogP contribution is 2.39. The number of para-hydroxylation sites is 1. The Hall–Kier alpha value is -3.78. The van der Waals surface area contributed by atoms with Crippen molar-refractivity contribution in [2.24, 2.45) is 0 Å². The van der Waals surface area contributed by atoms with Crippen molar-refractivity contribution in [3.05, 3.63) is 85.2 Å². The van der Waals surface area contributed by atoms with Crippen molar-refractivity contribution in [3.63, 3.8) is 0 Å². The molecule has 4 aromatic rings. The van der Waals surface area contributed by atoms with Gasteiger partial charge in [-0.2, -0.15) is 4.31 Å². The van der Waals surface area contributed by atoms with E-state index < -0.39 is 43.4 Å². The van der Waals surface area contributed by atoms with Gasteiger partial charge in [0.05, 0.1) is 35.6 Å². The summed E-state index contributed by atoms with van der Waals surface area (Å²) in [5.74, 6) is -0.364. The van der Waals surface area contributed by atoms with Crippen molar-refractivity contribution in [1.82, 2.24) is 18.2 Å². The minimum Gasteiger partial charge on any atom is -0.371 e. The first-order chi connectivity index (χ1) is 20.2. The molecule has 7 rings (SSSR count). The smallest absolute Gasteiger partial charge is 0.269 e. The number of amides is 1. The lowest BCUT2D eigenvalue weighted by Gasteiger charge is -2.39. The van der Waals surface area contributed by atoms with Gasteiger partial charge in [-0.25, -0.2) is 20.8 Å². The fraction of sp³-hybridized carbons (Fsp3) is 0.310. The van der Waals surface area contributed by atoms with E-state index in [2.05, 4.69) is 9.88 Å². The third kappa shape index (κ3) is 4.39. The van der Waals surface area contributed by atoms with Crippen LogP contribution in [0, 0.1) is 0 Å². The zero-order valence-electron chi connectivity index (χ0n) is 22.6. The molecule has 0 saturated carbocycles. The molecule has 3 saturated heterocycles. The van der Waals surface area contributed by atoms with Crippen LogP contribution in [0.4, 0.5) is 5.69 Å². The highest BCUT2D eigenvalue weighted by molar-refractivity contribution is 7.92. The van der Waals surface area contributed by atoms with Crippen molar-refractivity contribution < 1.29 is 26.4 Å². The third-order valence-electron chi connectivity index (χ3n) is 8.41. The lowest BCUT2D eigenvalue weighted by molar-refractivity contribution is -0.144. The Morgan fingerprint density at radius 2 is 1.55 bits per heavy atom. The van der Waals surface area contributed by atoms with Crippen LogP contribution in [0.1, 0.15) is 12.8 Å². The molecule has 5 heterocycles. The number of carbonyl (C=O) groups excluding carboxylic acids is 1. The summed E-state index contributed by atoms with van der Waals surface area (Å²) in [5.41, 5.74) is 0.751. The van der Waals surface area contributed by atoms with Crippen molar-refractivity contribution >= 4 is 42.5 Å². The molecule has 11 nitrogen and oxygen atoms in total. The highest BCUT2D eigenvalue weighted by atomic mass is 32.2. The number of piperazine rings is 1. The number of rotatable bonds is 5. The van der Waals surface area contributed by atoms with Crippen molar-refractivity contribution in [2.75, 3.05) is 37.6 Å². The van der Waals surface area contributed by atoms with E-state index >= 15 is 0 Å². The fourth-order valence-electron chi connectivity index (χ4n) is 6.22. The summed E-state index contributed by atoms with van der Waals surface area (Å²) < 4.78 is 64.3. The summed E-state index contributed by atoms with van der Waals surface area (Å²) in [4.78, 5) is 21.3. The Morgan fingerprint density at radius 3 is 2.29 bits per heavy atom. The lowest BCUT2D eigenvalue weighted by atomic mass is 9.91. The number of anilines is 1. The summed E-state index contributed by atoms with van der Waals surface area (Å²) in [6, 6.07) is 19.6. The summed E-state index contributed by atoms with van der Waals surface area (Å²) in [6.45, 7) is 1.39. The van der Waals surface area contributed by atoms with Crippen molar-refractivity contribution in [2.45, 2.75) is 34.6 Å². The predicted molar refractivity (Wildman–Crippen MR) is 155 cm³/mol. The van der Waals surface area contributed by atoms with Crippen LogP contribution in [0.2, 0.25) is 0 Å². The zero-order valence-corrected chi connectivity index (χ0v) is 24.2. The van der Waals surface area contributed by atoms with Crippen LogP contribution in [-0.4, -0.2) is 85.5 Å². The first-order valence-electron chi connectivity index (χ1n) is 13.7. The third-order valence-corrected chi connectivity index (χ3v) is 12.1. The van der Waals surface area contributed by atoms with Crippen LogP contribution < -0.4 is 4.90 Å². The van der Waals surface area contributed by atoms with Gasteiger partial charge in [0, 0.05) is 36.6 Å². The fourth-order valence-corrected chi connectivity index (χ4v) is 9.67. The molecule has 0 N–H and O–H groups in total. The van der Waals surface area contributed by atoms with Gasteiger partial charge in [-0.3, -0.25) is 9.78 Å². The highest BCUT2D eigenvalue weighted by Gasteiger charge is 2.52. The molecule has 42 heavy (non-hydrogen) atoms. The minimum absolute atomic E-state index is 0.0390. The molecule has 1 unspecified atom stereocenters. The van der Waals surface area contributed by atoms with E-state index in [0.717, 1.165) is 27.1 Å². The van der Waals surface area contributed by atoms with Gasteiger partial charge in [-0.05, 0) is 49.2 Å². The van der Waals surface area contributed by atoms with Crippen molar-refractivity contribution in [1.29, 1.82) is 0 Å². The van der Waals surface area contributed by atoms with Gasteiger partial charge < -0.3 is 14.5 Å². The monoisotopic (exact) mass is 607 g/mol. The molecule has 13 heteroatoms. The van der Waals surface area contributed by atoms with Gasteiger partial charge in [-0.1, -0.05) is 36.4 Å². The van der Waals surface area contributed by atoms with Gasteiger partial charge in [0.1, 0.15) is 6.23 Å². The Morgan fingerprint density at radius 1 is 0.857 bits per heavy atom. The average molecular weight is 608 g/mol. The lowest BCUT2D eigenvalue weighted by Crippen LogP contribution is -2.55. The second kappa shape index (κ2) is 9.90. The first kappa shape index (κ1) is 27.1. The number of hydrogen-bond acceptors (Lipinski definition) is 8. The molecule has 3 fully saturated rings. The summed E-state index contributed by atoms with van der Waals surface area (Å²) in [7, 11) is -8.71. The standard InChI is InChI=1S/C29H29N5O6S2/c35-26-19-32(20-27-33(26)21-29(40-27)12-16-31(17-13-29)23-10-14-30-15-11-23)42(38,39)28-18-22-6-4-5-9-25(22)34(28)41(36,37)24-7-2-1-3-8-24/h1-11,14-15,18,27H,12-13,16-17,19-21H2. The molecule has 2 aromatic carbocycles. The predicted octanol–water partition coefficient (Wildman–Crippen LogP) is 2.50. The maximum absolute atomic E-state index is 14.2. The number of benzene rings is 2. The molecule has 218 valence electrons. The van der Waals surface area contributed by atoms with E-state index in [0.29, 0.717) is 24.8 Å². The van der Waals surface area contributed by atoms with Gasteiger partial charge in [0.25, 0.3) is 20.0 Å². The Labute approximate surface area is 244 Å². The van der Waals surface area contributed by atoms with E-state index in [-0.39, 0.29) is 22.9 Å². The van der Waals surface area contributed by atoms with Gasteiger partial charge in [0.2, 0.25) is 5.91 Å². The summed E-state index contributed by atoms with van der Waals surface area (Å²) in [5, 5.41) is 0.0461. The molecule has 1 amide bonds. The average Bonchev–Trinajstić information content (AvgIpc) is 3.58. The molecule has 0 bridgehead atoms. The number of nitrogens with zero attached hydrogens (tertiary/aromatic N) is 5. The number of pyridine rings is 1. The van der Waals surface area contributed by atoms with E-state index in [9.17, 15) is 21.6 Å². The Kier molecular flexibility index (Phi) is 6.38. The second-order valence-corrected chi connectivity index (χ2v) is 14.6. The SMILES string of the molecule is O=C1CN(S(=O)(=O)c2cc3ccccc3n2S(=O)(=O)c2ccccc2)CC2OC3(CCN(c4ccncc4)CC3)CN12. The number of ether oxygens (including phenoxy) is 1. The molecule has 0 radical (unpaired) electrons. The summed E-state index contributed by atoms with van der Waals surface area (Å²) in [6.07, 6.45) is 4.13. The number of piperidine rings is 1. The number of hydrogen-bond donors (Lipinski definition) is 0.